The van der Waals surface area contributed by atoms with Crippen molar-refractivity contribution in [3.05, 3.63) is 36.0 Å². The number of hydrogen-bond acceptors (Lipinski definition) is 6. The van der Waals surface area contributed by atoms with Crippen LogP contribution < -0.4 is 10.1 Å². The third kappa shape index (κ3) is 4.63. The van der Waals surface area contributed by atoms with E-state index in [1.807, 2.05) is 24.3 Å². The standard InChI is InChI=1S/C18H22N2O5S/c1-12(2)10-24-15-5-3-13(4-6-15)17-9-16(20-25-17)18(21)19-14-7-8-26(22,23)11-14/h3-6,9,12,14H,7-8,10-11H2,1-2H3,(H,19,21). The molecule has 1 saturated heterocycles. The van der Waals surface area contributed by atoms with Crippen molar-refractivity contribution in [2.75, 3.05) is 18.1 Å². The van der Waals surface area contributed by atoms with Crippen molar-refractivity contribution in [2.45, 2.75) is 26.3 Å². The number of ether oxygens (including phenoxy) is 1. The average molecular weight is 378 g/mol. The number of carbonyl (C=O) groups is 1. The Labute approximate surface area is 152 Å². The van der Waals surface area contributed by atoms with Crippen LogP contribution in [0.1, 0.15) is 30.8 Å². The molecule has 3 rings (SSSR count). The van der Waals surface area contributed by atoms with E-state index in [1.54, 1.807) is 6.07 Å². The highest BCUT2D eigenvalue weighted by Crippen LogP contribution is 2.23. The van der Waals surface area contributed by atoms with Crippen LogP contribution in [0.5, 0.6) is 5.75 Å². The van der Waals surface area contributed by atoms with Crippen molar-refractivity contribution >= 4 is 15.7 Å². The lowest BCUT2D eigenvalue weighted by Gasteiger charge is -2.08. The third-order valence-electron chi connectivity index (χ3n) is 4.03. The molecular formula is C18H22N2O5S. The van der Waals surface area contributed by atoms with Crippen molar-refractivity contribution in [2.24, 2.45) is 5.92 Å². The van der Waals surface area contributed by atoms with Gasteiger partial charge in [-0.25, -0.2) is 8.42 Å². The summed E-state index contributed by atoms with van der Waals surface area (Å²) in [5.74, 6) is 1.32. The molecule has 1 aromatic carbocycles. The summed E-state index contributed by atoms with van der Waals surface area (Å²) in [7, 11) is -3.05. The molecule has 0 aliphatic carbocycles. The van der Waals surface area contributed by atoms with Crippen LogP contribution in [-0.2, 0) is 9.84 Å². The number of sulfone groups is 1. The normalized spacial score (nSPS) is 18.8. The molecule has 26 heavy (non-hydrogen) atoms. The number of amides is 1. The van der Waals surface area contributed by atoms with E-state index in [1.165, 1.54) is 0 Å². The van der Waals surface area contributed by atoms with Gasteiger partial charge < -0.3 is 14.6 Å². The molecule has 8 heteroatoms. The fraction of sp³-hybridized carbons (Fsp3) is 0.444. The van der Waals surface area contributed by atoms with Gasteiger partial charge in [0.15, 0.2) is 21.3 Å². The maximum atomic E-state index is 12.2. The van der Waals surface area contributed by atoms with Gasteiger partial charge in [-0.1, -0.05) is 19.0 Å². The van der Waals surface area contributed by atoms with Gasteiger partial charge in [0, 0.05) is 17.7 Å². The molecule has 0 spiro atoms. The summed E-state index contributed by atoms with van der Waals surface area (Å²) in [6, 6.07) is 8.52. The third-order valence-corrected chi connectivity index (χ3v) is 5.80. The van der Waals surface area contributed by atoms with Crippen LogP contribution in [0.3, 0.4) is 0 Å². The molecule has 1 aliphatic heterocycles. The zero-order valence-corrected chi connectivity index (χ0v) is 15.6. The van der Waals surface area contributed by atoms with Gasteiger partial charge >= 0.3 is 0 Å². The zero-order chi connectivity index (χ0) is 18.7. The van der Waals surface area contributed by atoms with Crippen LogP contribution in [0.25, 0.3) is 11.3 Å². The Morgan fingerprint density at radius 3 is 2.69 bits per heavy atom. The molecule has 0 bridgehead atoms. The van der Waals surface area contributed by atoms with Gasteiger partial charge in [0.2, 0.25) is 0 Å². The van der Waals surface area contributed by atoms with Crippen molar-refractivity contribution in [3.8, 4) is 17.1 Å². The molecule has 1 aliphatic rings. The Hall–Kier alpha value is -2.35. The van der Waals surface area contributed by atoms with E-state index in [0.29, 0.717) is 24.7 Å². The van der Waals surface area contributed by atoms with Crippen LogP contribution in [0, 0.1) is 5.92 Å². The lowest BCUT2D eigenvalue weighted by atomic mass is 10.1. The number of nitrogens with zero attached hydrogens (tertiary/aromatic N) is 1. The van der Waals surface area contributed by atoms with Crippen molar-refractivity contribution < 1.29 is 22.5 Å². The highest BCUT2D eigenvalue weighted by molar-refractivity contribution is 7.91. The van der Waals surface area contributed by atoms with Gasteiger partial charge in [-0.2, -0.15) is 0 Å². The number of rotatable bonds is 6. The van der Waals surface area contributed by atoms with E-state index < -0.39 is 15.7 Å². The van der Waals surface area contributed by atoms with E-state index in [4.69, 9.17) is 9.26 Å². The molecule has 1 unspecified atom stereocenters. The summed E-state index contributed by atoms with van der Waals surface area (Å²) >= 11 is 0. The lowest BCUT2D eigenvalue weighted by molar-refractivity contribution is 0.0932. The largest absolute Gasteiger partial charge is 0.493 e. The topological polar surface area (TPSA) is 98.5 Å². The second-order valence-electron chi connectivity index (χ2n) is 6.88. The van der Waals surface area contributed by atoms with Crippen LogP contribution in [0.4, 0.5) is 0 Å². The maximum Gasteiger partial charge on any atom is 0.273 e. The maximum absolute atomic E-state index is 12.2. The molecule has 1 amide bonds. The SMILES string of the molecule is CC(C)COc1ccc(-c2cc(C(=O)NC3CCS(=O)(=O)C3)no2)cc1. The minimum atomic E-state index is -3.05. The Bertz CT molecular complexity index is 871. The average Bonchev–Trinajstić information content (AvgIpc) is 3.20. The molecule has 140 valence electrons. The number of aromatic nitrogens is 1. The fourth-order valence-electron chi connectivity index (χ4n) is 2.66. The highest BCUT2D eigenvalue weighted by atomic mass is 32.2. The minimum Gasteiger partial charge on any atom is -0.493 e. The van der Waals surface area contributed by atoms with Crippen LogP contribution in [0.2, 0.25) is 0 Å². The monoisotopic (exact) mass is 378 g/mol. The minimum absolute atomic E-state index is 0.0265. The smallest absolute Gasteiger partial charge is 0.273 e. The first-order valence-electron chi connectivity index (χ1n) is 8.53. The number of hydrogen-bond donors (Lipinski definition) is 1. The first-order chi connectivity index (χ1) is 12.3. The van der Waals surface area contributed by atoms with E-state index in [2.05, 4.69) is 24.3 Å². The van der Waals surface area contributed by atoms with Crippen LogP contribution in [0.15, 0.2) is 34.9 Å². The summed E-state index contributed by atoms with van der Waals surface area (Å²) < 4.78 is 33.8. The van der Waals surface area contributed by atoms with Gasteiger partial charge in [-0.05, 0) is 36.6 Å². The fourth-order valence-corrected chi connectivity index (χ4v) is 4.34. The molecule has 1 atom stereocenters. The number of benzene rings is 1. The predicted molar refractivity (Wildman–Crippen MR) is 96.8 cm³/mol. The van der Waals surface area contributed by atoms with E-state index in [9.17, 15) is 13.2 Å². The van der Waals surface area contributed by atoms with E-state index >= 15 is 0 Å². The second kappa shape index (κ2) is 7.49. The molecule has 0 radical (unpaired) electrons. The molecule has 1 fully saturated rings. The lowest BCUT2D eigenvalue weighted by Crippen LogP contribution is -2.35. The summed E-state index contributed by atoms with van der Waals surface area (Å²) in [4.78, 5) is 12.2. The number of nitrogens with one attached hydrogen (secondary N) is 1. The Kier molecular flexibility index (Phi) is 5.31. The zero-order valence-electron chi connectivity index (χ0n) is 14.8. The first-order valence-corrected chi connectivity index (χ1v) is 10.4. The van der Waals surface area contributed by atoms with Gasteiger partial charge in [0.1, 0.15) is 5.75 Å². The molecule has 2 aromatic rings. The number of carbonyl (C=O) groups excluding carboxylic acids is 1. The predicted octanol–water partition coefficient (Wildman–Crippen LogP) is 2.29. The summed E-state index contributed by atoms with van der Waals surface area (Å²) in [6.07, 6.45) is 0.427. The van der Waals surface area contributed by atoms with Gasteiger partial charge in [0.05, 0.1) is 18.1 Å². The van der Waals surface area contributed by atoms with Gasteiger partial charge in [0.25, 0.3) is 5.91 Å². The van der Waals surface area contributed by atoms with Crippen molar-refractivity contribution in [1.29, 1.82) is 0 Å². The van der Waals surface area contributed by atoms with Gasteiger partial charge in [-0.15, -0.1) is 0 Å². The van der Waals surface area contributed by atoms with Crippen LogP contribution >= 0.6 is 0 Å². The molecule has 2 heterocycles. The summed E-state index contributed by atoms with van der Waals surface area (Å²) in [5.41, 5.74) is 0.904. The quantitative estimate of drug-likeness (QED) is 0.828. The molecule has 0 saturated carbocycles. The second-order valence-corrected chi connectivity index (χ2v) is 9.11. The van der Waals surface area contributed by atoms with Crippen molar-refractivity contribution in [1.82, 2.24) is 10.5 Å². The highest BCUT2D eigenvalue weighted by Gasteiger charge is 2.29. The van der Waals surface area contributed by atoms with Crippen molar-refractivity contribution in [3.63, 3.8) is 0 Å². The Morgan fingerprint density at radius 2 is 2.08 bits per heavy atom. The Balaban J connectivity index is 1.63. The van der Waals surface area contributed by atoms with Crippen LogP contribution in [-0.4, -0.2) is 43.6 Å². The first kappa shape index (κ1) is 18.4. The Morgan fingerprint density at radius 1 is 1.35 bits per heavy atom. The van der Waals surface area contributed by atoms with Gasteiger partial charge in [-0.3, -0.25) is 4.79 Å². The summed E-state index contributed by atoms with van der Waals surface area (Å²) in [6.45, 7) is 4.80. The summed E-state index contributed by atoms with van der Waals surface area (Å²) in [5, 5.41) is 6.48. The van der Waals surface area contributed by atoms with E-state index in [-0.39, 0.29) is 23.2 Å². The molecular weight excluding hydrogens is 356 g/mol. The molecule has 1 N–H and O–H groups in total. The molecule has 7 nitrogen and oxygen atoms in total. The molecule has 1 aromatic heterocycles. The van der Waals surface area contributed by atoms with E-state index in [0.717, 1.165) is 11.3 Å².